The van der Waals surface area contributed by atoms with Gasteiger partial charge in [-0.25, -0.2) is 4.98 Å². The number of nitrogens with one attached hydrogen (secondary N) is 1. The molecule has 2 aromatic carbocycles. The van der Waals surface area contributed by atoms with Crippen molar-refractivity contribution < 1.29 is 9.59 Å². The Balaban J connectivity index is 1.56. The Kier molecular flexibility index (Phi) is 7.18. The molecule has 3 heterocycles. The number of carbonyl (C=O) groups excluding carboxylic acids is 2. The Morgan fingerprint density at radius 3 is 2.58 bits per heavy atom. The summed E-state index contributed by atoms with van der Waals surface area (Å²) in [6, 6.07) is 13.6. The molecule has 2 aliphatic heterocycles. The lowest BCUT2D eigenvalue weighted by atomic mass is 10.1. The number of imidazole rings is 1. The number of aromatic nitrogens is 2. The van der Waals surface area contributed by atoms with Crippen molar-refractivity contribution in [1.29, 1.82) is 0 Å². The molecule has 0 aliphatic carbocycles. The van der Waals surface area contributed by atoms with Crippen LogP contribution >= 0.6 is 0 Å². The van der Waals surface area contributed by atoms with Crippen molar-refractivity contribution in [3.8, 4) is 0 Å². The minimum atomic E-state index is -0.185. The molecule has 7 heteroatoms. The van der Waals surface area contributed by atoms with Gasteiger partial charge in [-0.3, -0.25) is 19.8 Å². The van der Waals surface area contributed by atoms with E-state index in [-0.39, 0.29) is 17.9 Å². The Morgan fingerprint density at radius 1 is 1.08 bits per heavy atom. The standard InChI is InChI=1S/C29H35N5O2/c1-3-26(35)33-16-8-7-13-24(20-33)34-27-21(2)17-22(19-32-14-9-10-15-32)18-25(27)30-29(34)31-28(36)23-11-5-4-6-12-23/h3-6,11-12,17-18,24H,1,7-10,13-16,19-20H2,2H3,(H,30,31,36). The molecule has 0 saturated carbocycles. The van der Waals surface area contributed by atoms with Gasteiger partial charge >= 0.3 is 0 Å². The number of hydrogen-bond acceptors (Lipinski definition) is 4. The lowest BCUT2D eigenvalue weighted by Crippen LogP contribution is -2.34. The fourth-order valence-electron chi connectivity index (χ4n) is 5.66. The molecule has 1 N–H and O–H groups in total. The van der Waals surface area contributed by atoms with Crippen molar-refractivity contribution >= 4 is 28.8 Å². The van der Waals surface area contributed by atoms with E-state index in [9.17, 15) is 9.59 Å². The van der Waals surface area contributed by atoms with Gasteiger partial charge in [-0.1, -0.05) is 30.8 Å². The third-order valence-corrected chi connectivity index (χ3v) is 7.40. The van der Waals surface area contributed by atoms with E-state index in [0.717, 1.165) is 62.0 Å². The molecule has 188 valence electrons. The highest BCUT2D eigenvalue weighted by atomic mass is 16.2. The van der Waals surface area contributed by atoms with E-state index >= 15 is 0 Å². The fraction of sp³-hybridized carbons (Fsp3) is 0.414. The average Bonchev–Trinajstić information content (AvgIpc) is 3.45. The van der Waals surface area contributed by atoms with Gasteiger partial charge in [-0.2, -0.15) is 0 Å². The van der Waals surface area contributed by atoms with E-state index in [4.69, 9.17) is 4.98 Å². The summed E-state index contributed by atoms with van der Waals surface area (Å²) in [7, 11) is 0. The summed E-state index contributed by atoms with van der Waals surface area (Å²) in [4.78, 5) is 35.0. The lowest BCUT2D eigenvalue weighted by Gasteiger charge is -2.26. The summed E-state index contributed by atoms with van der Waals surface area (Å²) in [6.07, 6.45) is 6.77. The van der Waals surface area contributed by atoms with Gasteiger partial charge in [0, 0.05) is 25.2 Å². The number of hydrogen-bond donors (Lipinski definition) is 1. The van der Waals surface area contributed by atoms with Gasteiger partial charge in [0.15, 0.2) is 0 Å². The summed E-state index contributed by atoms with van der Waals surface area (Å²) >= 11 is 0. The molecule has 0 spiro atoms. The third-order valence-electron chi connectivity index (χ3n) is 7.40. The van der Waals surface area contributed by atoms with E-state index in [0.29, 0.717) is 18.1 Å². The van der Waals surface area contributed by atoms with Gasteiger partial charge < -0.3 is 9.47 Å². The molecule has 2 saturated heterocycles. The summed E-state index contributed by atoms with van der Waals surface area (Å²) < 4.78 is 2.17. The van der Waals surface area contributed by atoms with Gasteiger partial charge in [-0.15, -0.1) is 0 Å². The van der Waals surface area contributed by atoms with Gasteiger partial charge in [-0.05, 0) is 87.5 Å². The third kappa shape index (κ3) is 5.07. The van der Waals surface area contributed by atoms with Crippen LogP contribution in [0, 0.1) is 6.92 Å². The SMILES string of the molecule is C=CC(=O)N1CCCCC(n2c(NC(=O)c3ccccc3)nc3cc(CN4CCCC4)cc(C)c32)C1. The molecule has 2 aliphatic rings. The van der Waals surface area contributed by atoms with Crippen LogP contribution in [0.25, 0.3) is 11.0 Å². The average molecular weight is 486 g/mol. The van der Waals surface area contributed by atoms with E-state index in [1.165, 1.54) is 24.5 Å². The van der Waals surface area contributed by atoms with E-state index in [1.54, 1.807) is 12.1 Å². The Hall–Kier alpha value is -3.45. The van der Waals surface area contributed by atoms with Gasteiger partial charge in [0.05, 0.1) is 17.1 Å². The monoisotopic (exact) mass is 485 g/mol. The summed E-state index contributed by atoms with van der Waals surface area (Å²) in [5, 5.41) is 3.09. The van der Waals surface area contributed by atoms with Crippen LogP contribution in [0.4, 0.5) is 5.95 Å². The van der Waals surface area contributed by atoms with E-state index in [1.807, 2.05) is 23.1 Å². The molecular weight excluding hydrogens is 450 g/mol. The number of anilines is 1. The Morgan fingerprint density at radius 2 is 1.83 bits per heavy atom. The largest absolute Gasteiger partial charge is 0.337 e. The highest BCUT2D eigenvalue weighted by Crippen LogP contribution is 2.33. The number of likely N-dealkylation sites (tertiary alicyclic amines) is 2. The quantitative estimate of drug-likeness (QED) is 0.503. The number of nitrogens with zero attached hydrogens (tertiary/aromatic N) is 4. The molecule has 36 heavy (non-hydrogen) atoms. The maximum Gasteiger partial charge on any atom is 0.257 e. The highest BCUT2D eigenvalue weighted by molar-refractivity contribution is 6.04. The number of benzene rings is 2. The predicted octanol–water partition coefficient (Wildman–Crippen LogP) is 4.93. The first kappa shape index (κ1) is 24.3. The number of amides is 2. The fourth-order valence-corrected chi connectivity index (χ4v) is 5.66. The lowest BCUT2D eigenvalue weighted by molar-refractivity contribution is -0.126. The predicted molar refractivity (Wildman–Crippen MR) is 143 cm³/mol. The molecule has 0 bridgehead atoms. The topological polar surface area (TPSA) is 70.5 Å². The highest BCUT2D eigenvalue weighted by Gasteiger charge is 2.27. The van der Waals surface area contributed by atoms with Crippen molar-refractivity contribution in [2.24, 2.45) is 0 Å². The maximum atomic E-state index is 13.1. The molecule has 2 fully saturated rings. The van der Waals surface area contributed by atoms with Gasteiger partial charge in [0.1, 0.15) is 0 Å². The van der Waals surface area contributed by atoms with Crippen molar-refractivity contribution in [3.05, 3.63) is 71.8 Å². The van der Waals surface area contributed by atoms with Crippen molar-refractivity contribution in [2.75, 3.05) is 31.5 Å². The van der Waals surface area contributed by atoms with Crippen LogP contribution in [-0.2, 0) is 11.3 Å². The Labute approximate surface area is 212 Å². The van der Waals surface area contributed by atoms with Crippen molar-refractivity contribution in [3.63, 3.8) is 0 Å². The first-order valence-electron chi connectivity index (χ1n) is 13.0. The molecule has 7 nitrogen and oxygen atoms in total. The Bertz CT molecular complexity index is 1260. The normalized spacial score (nSPS) is 18.8. The van der Waals surface area contributed by atoms with Crippen LogP contribution in [0.5, 0.6) is 0 Å². The zero-order valence-corrected chi connectivity index (χ0v) is 21.1. The molecule has 5 rings (SSSR count). The zero-order chi connectivity index (χ0) is 25.1. The van der Waals surface area contributed by atoms with Crippen LogP contribution in [0.15, 0.2) is 55.1 Å². The summed E-state index contributed by atoms with van der Waals surface area (Å²) in [6.45, 7) is 10.3. The second-order valence-electron chi connectivity index (χ2n) is 10.0. The van der Waals surface area contributed by atoms with Crippen LogP contribution in [-0.4, -0.2) is 57.3 Å². The summed E-state index contributed by atoms with van der Waals surface area (Å²) in [5.41, 5.74) is 4.89. The number of fused-ring (bicyclic) bond motifs is 1. The van der Waals surface area contributed by atoms with E-state index < -0.39 is 0 Å². The smallest absolute Gasteiger partial charge is 0.257 e. The number of carbonyl (C=O) groups is 2. The molecule has 0 radical (unpaired) electrons. The van der Waals surface area contributed by atoms with Gasteiger partial charge in [0.25, 0.3) is 5.91 Å². The minimum absolute atomic E-state index is 0.00982. The molecule has 3 aromatic rings. The molecule has 2 amide bonds. The molecule has 1 atom stereocenters. The van der Waals surface area contributed by atoms with Crippen LogP contribution in [0.1, 0.15) is 59.6 Å². The first-order chi connectivity index (χ1) is 17.5. The van der Waals surface area contributed by atoms with Gasteiger partial charge in [0.2, 0.25) is 11.9 Å². The maximum absolute atomic E-state index is 13.1. The number of aryl methyl sites for hydroxylation is 1. The van der Waals surface area contributed by atoms with Crippen molar-refractivity contribution in [2.45, 2.75) is 51.6 Å². The van der Waals surface area contributed by atoms with Crippen LogP contribution < -0.4 is 5.32 Å². The second kappa shape index (κ2) is 10.7. The minimum Gasteiger partial charge on any atom is -0.337 e. The molecular formula is C29H35N5O2. The van der Waals surface area contributed by atoms with Crippen LogP contribution in [0.2, 0.25) is 0 Å². The van der Waals surface area contributed by atoms with E-state index in [2.05, 4.69) is 40.4 Å². The first-order valence-corrected chi connectivity index (χ1v) is 13.0. The van der Waals surface area contributed by atoms with Crippen LogP contribution in [0.3, 0.4) is 0 Å². The van der Waals surface area contributed by atoms with Crippen molar-refractivity contribution in [1.82, 2.24) is 19.4 Å². The summed E-state index contributed by atoms with van der Waals surface area (Å²) in [5.74, 6) is 0.304. The number of rotatable bonds is 6. The molecule has 1 unspecified atom stereocenters. The second-order valence-corrected chi connectivity index (χ2v) is 10.0. The zero-order valence-electron chi connectivity index (χ0n) is 21.1. The molecule has 1 aromatic heterocycles.